The predicted molar refractivity (Wildman–Crippen MR) is 62.1 cm³/mol. The highest BCUT2D eigenvalue weighted by atomic mass is 14.9. The molecule has 0 unspecified atom stereocenters. The lowest BCUT2D eigenvalue weighted by molar-refractivity contribution is 0.518. The summed E-state index contributed by atoms with van der Waals surface area (Å²) in [5.41, 5.74) is 5.25. The zero-order chi connectivity index (χ0) is 11.0. The monoisotopic (exact) mass is 195 g/mol. The Morgan fingerprint density at radius 2 is 1.71 bits per heavy atom. The molecule has 0 radical (unpaired) electrons. The maximum absolute atomic E-state index is 5.25. The number of nitrogens with zero attached hydrogens (tertiary/aromatic N) is 1. The molecule has 0 bridgehead atoms. The fourth-order valence-corrected chi connectivity index (χ4v) is 1.04. The van der Waals surface area contributed by atoms with Crippen LogP contribution >= 0.6 is 0 Å². The quantitative estimate of drug-likeness (QED) is 0.759. The van der Waals surface area contributed by atoms with Gasteiger partial charge in [0.2, 0.25) is 0 Å². The van der Waals surface area contributed by atoms with E-state index in [4.69, 9.17) is 5.73 Å². The zero-order valence-electron chi connectivity index (χ0n) is 9.49. The Kier molecular flexibility index (Phi) is 6.76. The van der Waals surface area contributed by atoms with Crippen LogP contribution in [-0.4, -0.2) is 17.1 Å². The van der Waals surface area contributed by atoms with Crippen molar-refractivity contribution < 1.29 is 0 Å². The van der Waals surface area contributed by atoms with Crippen LogP contribution in [0.3, 0.4) is 0 Å². The van der Waals surface area contributed by atoms with Gasteiger partial charge >= 0.3 is 0 Å². The first-order chi connectivity index (χ1) is 6.52. The second kappa shape index (κ2) is 7.33. The third-order valence-corrected chi connectivity index (χ3v) is 1.35. The molecule has 80 valence electrons. The molecule has 0 fully saturated rings. The van der Waals surface area contributed by atoms with E-state index < -0.39 is 0 Å². The van der Waals surface area contributed by atoms with E-state index in [9.17, 15) is 0 Å². The first kappa shape index (κ1) is 12.9. The molecule has 14 heavy (non-hydrogen) atoms. The average Bonchev–Trinajstić information content (AvgIpc) is 2.03. The summed E-state index contributed by atoms with van der Waals surface area (Å²) >= 11 is 0. The Hall–Kier alpha value is -1.09. The van der Waals surface area contributed by atoms with Crippen molar-refractivity contribution >= 4 is 5.82 Å². The highest BCUT2D eigenvalue weighted by molar-refractivity contribution is 5.25. The summed E-state index contributed by atoms with van der Waals surface area (Å²) in [5.74, 6) is 0.572. The molecular formula is C11H21N3. The molecule has 0 spiro atoms. The van der Waals surface area contributed by atoms with Crippen LogP contribution in [0.25, 0.3) is 0 Å². The topological polar surface area (TPSA) is 50.9 Å². The number of hydrogen-bond acceptors (Lipinski definition) is 3. The van der Waals surface area contributed by atoms with Crippen LogP contribution in [-0.2, 0) is 0 Å². The molecule has 1 heterocycles. The largest absolute Gasteiger partial charge is 0.384 e. The van der Waals surface area contributed by atoms with Gasteiger partial charge in [-0.15, -0.1) is 0 Å². The van der Waals surface area contributed by atoms with Gasteiger partial charge in [-0.25, -0.2) is 4.98 Å². The highest BCUT2D eigenvalue weighted by Gasteiger charge is 1.92. The van der Waals surface area contributed by atoms with Crippen molar-refractivity contribution in [3.8, 4) is 0 Å². The summed E-state index contributed by atoms with van der Waals surface area (Å²) in [6.45, 7) is 8.61. The molecule has 1 aromatic heterocycles. The first-order valence-electron chi connectivity index (χ1n) is 4.95. The standard InChI is InChI=1S/C6H15N.C5H6N2/c1-5(2)7-6(3)4;6-5-3-1-2-4-7-5/h5-7H,1-4H3;1-4H,(H2,6,7). The summed E-state index contributed by atoms with van der Waals surface area (Å²) in [6, 6.07) is 6.68. The molecule has 3 nitrogen and oxygen atoms in total. The van der Waals surface area contributed by atoms with Crippen molar-refractivity contribution in [3.05, 3.63) is 24.4 Å². The van der Waals surface area contributed by atoms with E-state index in [1.165, 1.54) is 0 Å². The molecule has 0 aliphatic heterocycles. The lowest BCUT2D eigenvalue weighted by Gasteiger charge is -2.10. The van der Waals surface area contributed by atoms with E-state index in [-0.39, 0.29) is 0 Å². The van der Waals surface area contributed by atoms with E-state index in [2.05, 4.69) is 38.0 Å². The molecule has 3 heteroatoms. The van der Waals surface area contributed by atoms with Gasteiger partial charge in [-0.05, 0) is 12.1 Å². The van der Waals surface area contributed by atoms with E-state index in [0.29, 0.717) is 17.9 Å². The Bertz CT molecular complexity index is 213. The molecule has 0 amide bonds. The van der Waals surface area contributed by atoms with Crippen molar-refractivity contribution in [1.82, 2.24) is 10.3 Å². The van der Waals surface area contributed by atoms with E-state index in [1.807, 2.05) is 12.1 Å². The minimum Gasteiger partial charge on any atom is -0.384 e. The molecule has 0 aliphatic rings. The second-order valence-corrected chi connectivity index (χ2v) is 3.73. The Morgan fingerprint density at radius 1 is 1.14 bits per heavy atom. The average molecular weight is 195 g/mol. The SMILES string of the molecule is CC(C)NC(C)C.Nc1ccccn1. The number of rotatable bonds is 2. The molecule has 3 N–H and O–H groups in total. The van der Waals surface area contributed by atoms with Crippen LogP contribution in [0, 0.1) is 0 Å². The van der Waals surface area contributed by atoms with E-state index in [1.54, 1.807) is 12.3 Å². The Morgan fingerprint density at radius 3 is 1.86 bits per heavy atom. The minimum absolute atomic E-state index is 0.572. The molecule has 0 saturated heterocycles. The second-order valence-electron chi connectivity index (χ2n) is 3.73. The lowest BCUT2D eigenvalue weighted by Crippen LogP contribution is -2.29. The molecule has 0 aliphatic carbocycles. The lowest BCUT2D eigenvalue weighted by atomic mass is 10.3. The number of nitrogen functional groups attached to an aromatic ring is 1. The molecule has 0 atom stereocenters. The summed E-state index contributed by atoms with van der Waals surface area (Å²) in [5, 5.41) is 3.31. The molecular weight excluding hydrogens is 174 g/mol. The number of nitrogens with two attached hydrogens (primary N) is 1. The summed E-state index contributed by atoms with van der Waals surface area (Å²) < 4.78 is 0. The minimum atomic E-state index is 0.572. The molecule has 1 rings (SSSR count). The van der Waals surface area contributed by atoms with E-state index in [0.717, 1.165) is 0 Å². The maximum atomic E-state index is 5.25. The van der Waals surface area contributed by atoms with E-state index >= 15 is 0 Å². The van der Waals surface area contributed by atoms with Gasteiger partial charge in [0, 0.05) is 18.3 Å². The van der Waals surface area contributed by atoms with Crippen molar-refractivity contribution in [2.45, 2.75) is 39.8 Å². The van der Waals surface area contributed by atoms with Gasteiger partial charge in [-0.1, -0.05) is 33.8 Å². The Labute approximate surface area is 86.7 Å². The van der Waals surface area contributed by atoms with Crippen molar-refractivity contribution in [2.24, 2.45) is 0 Å². The number of hydrogen-bond donors (Lipinski definition) is 2. The van der Waals surface area contributed by atoms with Crippen molar-refractivity contribution in [1.29, 1.82) is 0 Å². The van der Waals surface area contributed by atoms with Crippen LogP contribution in [0.1, 0.15) is 27.7 Å². The van der Waals surface area contributed by atoms with Gasteiger partial charge in [-0.3, -0.25) is 0 Å². The zero-order valence-corrected chi connectivity index (χ0v) is 9.49. The normalized spacial score (nSPS) is 9.86. The fraction of sp³-hybridized carbons (Fsp3) is 0.545. The van der Waals surface area contributed by atoms with Crippen LogP contribution in [0.4, 0.5) is 5.82 Å². The van der Waals surface area contributed by atoms with Crippen molar-refractivity contribution in [2.75, 3.05) is 5.73 Å². The van der Waals surface area contributed by atoms with Crippen LogP contribution < -0.4 is 11.1 Å². The fourth-order valence-electron chi connectivity index (χ4n) is 1.04. The van der Waals surface area contributed by atoms with Gasteiger partial charge < -0.3 is 11.1 Å². The summed E-state index contributed by atoms with van der Waals surface area (Å²) in [4.78, 5) is 3.76. The van der Waals surface area contributed by atoms with Crippen LogP contribution in [0.2, 0.25) is 0 Å². The van der Waals surface area contributed by atoms with Gasteiger partial charge in [0.15, 0.2) is 0 Å². The van der Waals surface area contributed by atoms with Crippen LogP contribution in [0.15, 0.2) is 24.4 Å². The number of aromatic nitrogens is 1. The van der Waals surface area contributed by atoms with Crippen molar-refractivity contribution in [3.63, 3.8) is 0 Å². The van der Waals surface area contributed by atoms with Gasteiger partial charge in [0.1, 0.15) is 5.82 Å². The summed E-state index contributed by atoms with van der Waals surface area (Å²) in [6.07, 6.45) is 1.66. The number of pyridine rings is 1. The third-order valence-electron chi connectivity index (χ3n) is 1.35. The highest BCUT2D eigenvalue weighted by Crippen LogP contribution is 1.89. The smallest absolute Gasteiger partial charge is 0.123 e. The third kappa shape index (κ3) is 9.00. The molecule has 0 aromatic carbocycles. The maximum Gasteiger partial charge on any atom is 0.123 e. The predicted octanol–water partition coefficient (Wildman–Crippen LogP) is 2.06. The van der Waals surface area contributed by atoms with Crippen LogP contribution in [0.5, 0.6) is 0 Å². The first-order valence-corrected chi connectivity index (χ1v) is 4.95. The van der Waals surface area contributed by atoms with Gasteiger partial charge in [0.25, 0.3) is 0 Å². The van der Waals surface area contributed by atoms with Gasteiger partial charge in [-0.2, -0.15) is 0 Å². The number of nitrogens with one attached hydrogen (secondary N) is 1. The number of anilines is 1. The van der Waals surface area contributed by atoms with Gasteiger partial charge in [0.05, 0.1) is 0 Å². The molecule has 0 saturated carbocycles. The Balaban J connectivity index is 0.000000241. The summed E-state index contributed by atoms with van der Waals surface area (Å²) in [7, 11) is 0. The molecule has 1 aromatic rings.